The normalized spacial score (nSPS) is 11.7. The van der Waals surface area contributed by atoms with Crippen LogP contribution in [-0.2, 0) is 46.2 Å². The van der Waals surface area contributed by atoms with Crippen LogP contribution < -0.4 is 0 Å². The van der Waals surface area contributed by atoms with Crippen molar-refractivity contribution in [3.8, 4) is 11.1 Å². The number of hydrogen-bond donors (Lipinski definition) is 0. The van der Waals surface area contributed by atoms with E-state index in [-0.39, 0.29) is 48.6 Å². The topological polar surface area (TPSA) is 55.8 Å². The highest BCUT2D eigenvalue weighted by Crippen LogP contribution is 2.37. The number of rotatable bonds is 9. The van der Waals surface area contributed by atoms with Crippen LogP contribution in [0.3, 0.4) is 0 Å². The van der Waals surface area contributed by atoms with Gasteiger partial charge in [0.1, 0.15) is 6.61 Å². The van der Waals surface area contributed by atoms with Crippen LogP contribution in [0.2, 0.25) is 0 Å². The number of nitrogens with zero attached hydrogens (tertiary/aromatic N) is 1. The van der Waals surface area contributed by atoms with Gasteiger partial charge in [-0.15, -0.1) is 0 Å². The Hall–Kier alpha value is -4.02. The van der Waals surface area contributed by atoms with Crippen molar-refractivity contribution in [3.05, 3.63) is 94.5 Å². The van der Waals surface area contributed by atoms with Crippen LogP contribution in [0.4, 0.5) is 31.1 Å². The van der Waals surface area contributed by atoms with Crippen LogP contribution >= 0.6 is 0 Å². The summed E-state index contributed by atoms with van der Waals surface area (Å²) in [6, 6.07) is 14.3. The van der Waals surface area contributed by atoms with Crippen molar-refractivity contribution in [1.29, 1.82) is 0 Å². The monoisotopic (exact) mass is 567 g/mol. The minimum Gasteiger partial charge on any atom is -0.466 e. The molecular formula is C29H27F6NO4. The molecule has 0 bridgehead atoms. The molecule has 0 aliphatic heterocycles. The molecule has 3 aromatic carbocycles. The Balaban J connectivity index is 2.03. The highest BCUT2D eigenvalue weighted by atomic mass is 19.4. The van der Waals surface area contributed by atoms with Gasteiger partial charge in [0.2, 0.25) is 0 Å². The molecule has 0 aliphatic rings. The fourth-order valence-corrected chi connectivity index (χ4v) is 4.00. The predicted molar refractivity (Wildman–Crippen MR) is 135 cm³/mol. The Morgan fingerprint density at radius 2 is 1.45 bits per heavy atom. The molecule has 0 atom stereocenters. The average molecular weight is 568 g/mol. The summed E-state index contributed by atoms with van der Waals surface area (Å²) in [6.45, 7) is 2.79. The quantitative estimate of drug-likeness (QED) is 0.197. The van der Waals surface area contributed by atoms with Gasteiger partial charge in [0.15, 0.2) is 0 Å². The van der Waals surface area contributed by atoms with Gasteiger partial charge in [-0.1, -0.05) is 42.5 Å². The van der Waals surface area contributed by atoms with Crippen LogP contribution in [0, 0.1) is 0 Å². The zero-order chi connectivity index (χ0) is 29.5. The minimum absolute atomic E-state index is 0.0243. The number of amides is 1. The first-order chi connectivity index (χ1) is 18.8. The molecule has 0 unspecified atom stereocenters. The first kappa shape index (κ1) is 30.5. The van der Waals surface area contributed by atoms with E-state index in [0.29, 0.717) is 5.56 Å². The van der Waals surface area contributed by atoms with Gasteiger partial charge in [-0.2, -0.15) is 26.3 Å². The van der Waals surface area contributed by atoms with Gasteiger partial charge in [0.05, 0.1) is 24.2 Å². The Morgan fingerprint density at radius 1 is 0.775 bits per heavy atom. The Bertz CT molecular complexity index is 1320. The Labute approximate surface area is 227 Å². The number of halogens is 6. The van der Waals surface area contributed by atoms with Crippen LogP contribution in [0.25, 0.3) is 11.1 Å². The van der Waals surface area contributed by atoms with Gasteiger partial charge in [-0.05, 0) is 65.9 Å². The zero-order valence-corrected chi connectivity index (χ0v) is 21.7. The highest BCUT2D eigenvalue weighted by molar-refractivity contribution is 5.76. The number of esters is 1. The smallest absolute Gasteiger partial charge is 0.416 e. The molecule has 0 radical (unpaired) electrons. The SMILES string of the molecule is CCOC(=O)Cc1cc(-c2ccc(C(F)(F)F)cc2CN(CC)C(=O)OCc2ccccc2)cc(C(F)(F)F)c1. The van der Waals surface area contributed by atoms with E-state index in [4.69, 9.17) is 9.47 Å². The second kappa shape index (κ2) is 12.9. The first-order valence-electron chi connectivity index (χ1n) is 12.3. The van der Waals surface area contributed by atoms with Crippen molar-refractivity contribution in [2.45, 2.75) is 45.8 Å². The zero-order valence-electron chi connectivity index (χ0n) is 21.7. The third-order valence-corrected chi connectivity index (χ3v) is 5.92. The lowest BCUT2D eigenvalue weighted by atomic mass is 9.93. The number of hydrogen-bond acceptors (Lipinski definition) is 4. The molecule has 5 nitrogen and oxygen atoms in total. The van der Waals surface area contributed by atoms with Crippen molar-refractivity contribution >= 4 is 12.1 Å². The van der Waals surface area contributed by atoms with Gasteiger partial charge < -0.3 is 14.4 Å². The standard InChI is InChI=1S/C29H27F6NO4/c1-3-36(27(38)40-18-19-8-6-5-7-9-19)17-22-16-23(28(30,31)32)10-11-25(22)21-12-20(14-26(37)39-4-2)13-24(15-21)29(33,34)35/h5-13,15-16H,3-4,14,17-18H2,1-2H3. The maximum absolute atomic E-state index is 13.7. The summed E-state index contributed by atoms with van der Waals surface area (Å²) in [6.07, 6.45) is -10.8. The fourth-order valence-electron chi connectivity index (χ4n) is 4.00. The lowest BCUT2D eigenvalue weighted by Crippen LogP contribution is -2.31. The maximum Gasteiger partial charge on any atom is 0.416 e. The summed E-state index contributed by atoms with van der Waals surface area (Å²) in [5.74, 6) is -0.751. The van der Waals surface area contributed by atoms with E-state index in [9.17, 15) is 35.9 Å². The molecule has 11 heteroatoms. The van der Waals surface area contributed by atoms with Gasteiger partial charge in [0, 0.05) is 13.1 Å². The van der Waals surface area contributed by atoms with Crippen molar-refractivity contribution in [2.24, 2.45) is 0 Å². The molecule has 0 N–H and O–H groups in total. The first-order valence-corrected chi connectivity index (χ1v) is 12.3. The Kier molecular flexibility index (Phi) is 9.83. The van der Waals surface area contributed by atoms with Crippen molar-refractivity contribution in [2.75, 3.05) is 13.2 Å². The number of ether oxygens (including phenoxy) is 2. The Morgan fingerprint density at radius 3 is 2.05 bits per heavy atom. The molecule has 0 fully saturated rings. The van der Waals surface area contributed by atoms with E-state index in [2.05, 4.69) is 0 Å². The molecule has 1 amide bonds. The molecule has 40 heavy (non-hydrogen) atoms. The second-order valence-electron chi connectivity index (χ2n) is 8.82. The number of carbonyl (C=O) groups is 2. The molecule has 0 heterocycles. The molecule has 3 aromatic rings. The molecule has 0 aliphatic carbocycles. The van der Waals surface area contributed by atoms with Crippen LogP contribution in [0.1, 0.15) is 41.7 Å². The van der Waals surface area contributed by atoms with E-state index < -0.39 is 42.0 Å². The van der Waals surface area contributed by atoms with E-state index >= 15 is 0 Å². The number of carbonyl (C=O) groups excluding carboxylic acids is 2. The second-order valence-corrected chi connectivity index (χ2v) is 8.82. The van der Waals surface area contributed by atoms with E-state index in [1.54, 1.807) is 44.2 Å². The van der Waals surface area contributed by atoms with Crippen molar-refractivity contribution < 1.29 is 45.4 Å². The summed E-state index contributed by atoms with van der Waals surface area (Å²) in [7, 11) is 0. The minimum atomic E-state index is -4.79. The summed E-state index contributed by atoms with van der Waals surface area (Å²) in [4.78, 5) is 25.9. The third-order valence-electron chi connectivity index (χ3n) is 5.92. The summed E-state index contributed by atoms with van der Waals surface area (Å²) >= 11 is 0. The number of benzene rings is 3. The summed E-state index contributed by atoms with van der Waals surface area (Å²) < 4.78 is 92.1. The van der Waals surface area contributed by atoms with Crippen molar-refractivity contribution in [1.82, 2.24) is 4.90 Å². The summed E-state index contributed by atoms with van der Waals surface area (Å²) in [5.41, 5.74) is -1.50. The third kappa shape index (κ3) is 8.24. The molecule has 214 valence electrons. The molecule has 0 spiro atoms. The molecule has 0 saturated carbocycles. The van der Waals surface area contributed by atoms with E-state index in [1.165, 1.54) is 6.07 Å². The van der Waals surface area contributed by atoms with Crippen LogP contribution in [0.5, 0.6) is 0 Å². The fraction of sp³-hybridized carbons (Fsp3) is 0.310. The predicted octanol–water partition coefficient (Wildman–Crippen LogP) is 7.66. The highest BCUT2D eigenvalue weighted by Gasteiger charge is 2.33. The van der Waals surface area contributed by atoms with Crippen LogP contribution in [0.15, 0.2) is 66.7 Å². The lowest BCUT2D eigenvalue weighted by Gasteiger charge is -2.23. The maximum atomic E-state index is 13.7. The van der Waals surface area contributed by atoms with E-state index in [1.807, 2.05) is 0 Å². The van der Waals surface area contributed by atoms with Gasteiger partial charge in [0.25, 0.3) is 0 Å². The van der Waals surface area contributed by atoms with Crippen LogP contribution in [-0.4, -0.2) is 30.1 Å². The number of alkyl halides is 6. The van der Waals surface area contributed by atoms with Gasteiger partial charge in [-0.25, -0.2) is 4.79 Å². The molecular weight excluding hydrogens is 540 g/mol. The summed E-state index contributed by atoms with van der Waals surface area (Å²) in [5, 5.41) is 0. The average Bonchev–Trinajstić information content (AvgIpc) is 2.89. The van der Waals surface area contributed by atoms with Gasteiger partial charge in [-0.3, -0.25) is 4.79 Å². The van der Waals surface area contributed by atoms with Gasteiger partial charge >= 0.3 is 24.4 Å². The van der Waals surface area contributed by atoms with Crippen molar-refractivity contribution in [3.63, 3.8) is 0 Å². The van der Waals surface area contributed by atoms with E-state index in [0.717, 1.165) is 35.2 Å². The molecule has 3 rings (SSSR count). The largest absolute Gasteiger partial charge is 0.466 e. The molecule has 0 saturated heterocycles. The molecule has 0 aromatic heterocycles. The lowest BCUT2D eigenvalue weighted by molar-refractivity contribution is -0.142.